The highest BCUT2D eigenvalue weighted by Gasteiger charge is 2.44. The molecular formula is C25H38F2N10O4S. The van der Waals surface area contributed by atoms with Crippen molar-refractivity contribution in [1.82, 2.24) is 19.9 Å². The minimum Gasteiger partial charge on any atom is -0.381 e. The number of aromatic amines is 2. The molecule has 17 heteroatoms. The summed E-state index contributed by atoms with van der Waals surface area (Å²) in [6.07, 6.45) is 2.10. The third-order valence-electron chi connectivity index (χ3n) is 7.28. The molecule has 8 N–H and O–H groups in total. The van der Waals surface area contributed by atoms with Gasteiger partial charge >= 0.3 is 0 Å². The van der Waals surface area contributed by atoms with Crippen molar-refractivity contribution < 1.29 is 26.7 Å². The zero-order chi connectivity index (χ0) is 31.4. The molecule has 2 aromatic heterocycles. The molecule has 0 spiro atoms. The van der Waals surface area contributed by atoms with E-state index in [1.54, 1.807) is 6.92 Å². The molecule has 2 aliphatic rings. The molecule has 0 aromatic carbocycles. The van der Waals surface area contributed by atoms with Crippen molar-refractivity contribution in [2.45, 2.75) is 77.3 Å². The lowest BCUT2D eigenvalue weighted by molar-refractivity contribution is 0.0208. The van der Waals surface area contributed by atoms with Crippen LogP contribution in [0.4, 0.5) is 8.78 Å². The van der Waals surface area contributed by atoms with Crippen molar-refractivity contribution in [3.8, 4) is 0 Å². The molecule has 0 aliphatic carbocycles. The van der Waals surface area contributed by atoms with Crippen LogP contribution in [-0.2, 0) is 19.3 Å². The number of nitrogens with zero attached hydrogens (tertiary/aromatic N) is 4. The van der Waals surface area contributed by atoms with Crippen molar-refractivity contribution >= 4 is 33.0 Å². The van der Waals surface area contributed by atoms with Crippen LogP contribution in [0.3, 0.4) is 0 Å². The van der Waals surface area contributed by atoms with Gasteiger partial charge in [-0.15, -0.1) is 0 Å². The number of alkyl halides is 2. The Morgan fingerprint density at radius 2 is 1.45 bits per heavy atom. The normalized spacial score (nSPS) is 30.2. The Bertz CT molecular complexity index is 1430. The molecule has 0 amide bonds. The number of nitrogens with two attached hydrogens (primary N) is 2. The molecular weight excluding hydrogens is 574 g/mol. The minimum atomic E-state index is -3.68. The van der Waals surface area contributed by atoms with E-state index in [2.05, 4.69) is 29.9 Å². The van der Waals surface area contributed by atoms with Crippen LogP contribution in [0, 0.1) is 22.7 Å². The fourth-order valence-electron chi connectivity index (χ4n) is 4.75. The highest BCUT2D eigenvalue weighted by atomic mass is 32.2. The average Bonchev–Trinajstić information content (AvgIpc) is 3.73. The SMILES string of the molecule is CC[C@H]1O[C@@H](c2cnc(C(=N)N=C(N)S(C)(=O)=O)[nH]2)[C@H](F)[C@@H]1C.CC[C@H]1O[C@@H](c2cnc(C(N)=NC=N)[nH]2)[C@H](F)[C@@H]1C. The van der Waals surface area contributed by atoms with Gasteiger partial charge < -0.3 is 30.9 Å². The second-order valence-corrected chi connectivity index (χ2v) is 12.2. The van der Waals surface area contributed by atoms with Crippen LogP contribution in [0.25, 0.3) is 0 Å². The van der Waals surface area contributed by atoms with Gasteiger partial charge in [0, 0.05) is 18.1 Å². The van der Waals surface area contributed by atoms with Gasteiger partial charge in [-0.3, -0.25) is 10.8 Å². The van der Waals surface area contributed by atoms with E-state index in [1.807, 2.05) is 20.8 Å². The summed E-state index contributed by atoms with van der Waals surface area (Å²) in [7, 11) is -3.68. The number of nitrogens with one attached hydrogen (secondary N) is 4. The molecule has 0 saturated carbocycles. The number of hydrogen-bond acceptors (Lipinski definition) is 8. The maximum Gasteiger partial charge on any atom is 0.220 e. The molecule has 8 atom stereocenters. The molecule has 232 valence electrons. The highest BCUT2D eigenvalue weighted by molar-refractivity contribution is 8.05. The summed E-state index contributed by atoms with van der Waals surface area (Å²) >= 11 is 0. The standard InChI is InChI=1S/C13H20FN5O3S.C12H18FN5O/c1-4-8-6(2)9(14)10(22-8)7-5-17-12(18-7)11(15)19-13(16)23(3,20)21;1-3-8-6(2)9(13)10(19-8)7-4-16-12(18-7)11(15)17-5-14/h5-6,8-10H,4H2,1-3H3,(H,17,18)(H3,15,16,19);4-6,8-10H,3H2,1-2H3,(H,16,18)(H3,14,15,17)/t2*6-,8-,9-,10+/m11/s1. The van der Waals surface area contributed by atoms with Gasteiger partial charge in [-0.25, -0.2) is 32.2 Å². The molecule has 42 heavy (non-hydrogen) atoms. The molecule has 0 unspecified atom stereocenters. The molecule has 0 bridgehead atoms. The number of H-pyrrole nitrogens is 2. The molecule has 2 aliphatic heterocycles. The number of aromatic nitrogens is 4. The van der Waals surface area contributed by atoms with E-state index in [-0.39, 0.29) is 35.7 Å². The van der Waals surface area contributed by atoms with Crippen molar-refractivity contribution in [3.63, 3.8) is 0 Å². The van der Waals surface area contributed by atoms with Crippen molar-refractivity contribution in [1.29, 1.82) is 10.8 Å². The quantitative estimate of drug-likeness (QED) is 0.200. The first-order valence-electron chi connectivity index (χ1n) is 13.4. The summed E-state index contributed by atoms with van der Waals surface area (Å²) in [5, 5.41) is 13.9. The van der Waals surface area contributed by atoms with Crippen LogP contribution in [0.2, 0.25) is 0 Å². The van der Waals surface area contributed by atoms with Crippen LogP contribution in [0.1, 0.15) is 75.8 Å². The second kappa shape index (κ2) is 13.6. The van der Waals surface area contributed by atoms with Gasteiger partial charge in [-0.2, -0.15) is 4.99 Å². The second-order valence-electron chi connectivity index (χ2n) is 10.2. The molecule has 0 radical (unpaired) electrons. The fourth-order valence-corrected chi connectivity index (χ4v) is 5.01. The Morgan fingerprint density at radius 1 is 1.00 bits per heavy atom. The molecule has 2 saturated heterocycles. The van der Waals surface area contributed by atoms with Crippen LogP contribution in [-0.4, -0.2) is 82.3 Å². The summed E-state index contributed by atoms with van der Waals surface area (Å²) in [6, 6.07) is 0. The van der Waals surface area contributed by atoms with Crippen molar-refractivity contribution in [2.75, 3.05) is 6.26 Å². The van der Waals surface area contributed by atoms with Gasteiger partial charge in [-0.1, -0.05) is 27.7 Å². The number of aliphatic imine (C=N–C) groups is 2. The first-order valence-corrected chi connectivity index (χ1v) is 15.3. The third kappa shape index (κ3) is 7.25. The Kier molecular flexibility index (Phi) is 10.7. The summed E-state index contributed by atoms with van der Waals surface area (Å²) in [4.78, 5) is 20.7. The van der Waals surface area contributed by atoms with Gasteiger partial charge in [0.15, 0.2) is 23.3 Å². The maximum atomic E-state index is 14.3. The van der Waals surface area contributed by atoms with E-state index in [9.17, 15) is 17.2 Å². The Morgan fingerprint density at radius 3 is 1.86 bits per heavy atom. The monoisotopic (exact) mass is 612 g/mol. The van der Waals surface area contributed by atoms with Gasteiger partial charge in [-0.05, 0) is 12.8 Å². The fraction of sp³-hybridized carbons (Fsp3) is 0.600. The molecule has 2 aromatic rings. The molecule has 4 heterocycles. The van der Waals surface area contributed by atoms with E-state index in [1.165, 1.54) is 12.4 Å². The van der Waals surface area contributed by atoms with E-state index < -0.39 is 45.4 Å². The van der Waals surface area contributed by atoms with E-state index in [4.69, 9.17) is 31.8 Å². The molecule has 2 fully saturated rings. The van der Waals surface area contributed by atoms with Gasteiger partial charge in [0.25, 0.3) is 0 Å². The van der Waals surface area contributed by atoms with E-state index in [0.717, 1.165) is 19.0 Å². The lowest BCUT2D eigenvalue weighted by Crippen LogP contribution is -2.24. The minimum absolute atomic E-state index is 0.00463. The maximum absolute atomic E-state index is 14.3. The van der Waals surface area contributed by atoms with Gasteiger partial charge in [0.2, 0.25) is 15.0 Å². The smallest absolute Gasteiger partial charge is 0.220 e. The number of sulfone groups is 1. The van der Waals surface area contributed by atoms with Gasteiger partial charge in [0.05, 0.1) is 36.0 Å². The summed E-state index contributed by atoms with van der Waals surface area (Å²) in [6.45, 7) is 7.53. The van der Waals surface area contributed by atoms with Crippen LogP contribution in [0.5, 0.6) is 0 Å². The van der Waals surface area contributed by atoms with Gasteiger partial charge in [0.1, 0.15) is 30.9 Å². The first kappa shape index (κ1) is 32.9. The Balaban J connectivity index is 0.000000235. The predicted octanol–water partition coefficient (Wildman–Crippen LogP) is 2.46. The summed E-state index contributed by atoms with van der Waals surface area (Å²) in [5.41, 5.74) is 11.8. The van der Waals surface area contributed by atoms with E-state index >= 15 is 0 Å². The Hall–Kier alpha value is -3.57. The first-order chi connectivity index (χ1) is 19.7. The van der Waals surface area contributed by atoms with Crippen LogP contribution < -0.4 is 11.5 Å². The number of rotatable bonds is 7. The lowest BCUT2D eigenvalue weighted by Gasteiger charge is -2.11. The third-order valence-corrected chi connectivity index (χ3v) is 8.13. The predicted molar refractivity (Wildman–Crippen MR) is 154 cm³/mol. The number of amidine groups is 3. The molecule has 14 nitrogen and oxygen atoms in total. The van der Waals surface area contributed by atoms with Crippen LogP contribution >= 0.6 is 0 Å². The Labute approximate surface area is 242 Å². The zero-order valence-electron chi connectivity index (χ0n) is 24.0. The lowest BCUT2D eigenvalue weighted by atomic mass is 9.97. The zero-order valence-corrected chi connectivity index (χ0v) is 24.8. The average molecular weight is 613 g/mol. The largest absolute Gasteiger partial charge is 0.381 e. The number of hydrogen-bond donors (Lipinski definition) is 6. The number of halogens is 2. The van der Waals surface area contributed by atoms with Crippen molar-refractivity contribution in [2.24, 2.45) is 33.3 Å². The van der Waals surface area contributed by atoms with Crippen molar-refractivity contribution in [3.05, 3.63) is 35.4 Å². The molecule has 4 rings (SSSR count). The number of ether oxygens (including phenoxy) is 2. The number of imidazole rings is 2. The van der Waals surface area contributed by atoms with E-state index in [0.29, 0.717) is 23.6 Å². The summed E-state index contributed by atoms with van der Waals surface area (Å²) < 4.78 is 62.3. The topological polar surface area (TPSA) is 234 Å². The summed E-state index contributed by atoms with van der Waals surface area (Å²) in [5.74, 6) is -0.427. The van der Waals surface area contributed by atoms with Crippen LogP contribution in [0.15, 0.2) is 22.4 Å². The highest BCUT2D eigenvalue weighted by Crippen LogP contribution is 2.40.